The molecule has 1 unspecified atom stereocenters. The molecular formula is C17H20N4O3S. The number of piperidine rings is 1. The molecule has 1 aliphatic rings. The maximum Gasteiger partial charge on any atom is 0.317 e. The number of rotatable bonds is 4. The molecule has 1 atom stereocenters. The van der Waals surface area contributed by atoms with Crippen LogP contribution in [-0.4, -0.2) is 36.2 Å². The van der Waals surface area contributed by atoms with Gasteiger partial charge in [0.1, 0.15) is 10.8 Å². The van der Waals surface area contributed by atoms with Gasteiger partial charge in [0.05, 0.1) is 5.56 Å². The van der Waals surface area contributed by atoms with Crippen LogP contribution in [0.2, 0.25) is 0 Å². The number of anilines is 1. The lowest BCUT2D eigenvalue weighted by Gasteiger charge is -2.23. The molecule has 132 valence electrons. The highest BCUT2D eigenvalue weighted by Gasteiger charge is 2.22. The predicted octanol–water partition coefficient (Wildman–Crippen LogP) is 2.09. The van der Waals surface area contributed by atoms with E-state index in [1.807, 2.05) is 0 Å². The van der Waals surface area contributed by atoms with E-state index >= 15 is 0 Å². The number of amides is 3. The summed E-state index contributed by atoms with van der Waals surface area (Å²) in [5.74, 6) is -0.159. The second-order valence-corrected chi connectivity index (χ2v) is 6.93. The number of urea groups is 1. The summed E-state index contributed by atoms with van der Waals surface area (Å²) in [5.41, 5.74) is 6.16. The zero-order valence-corrected chi connectivity index (χ0v) is 14.4. The standard InChI is InChI=1S/C17H20N4O3S/c18-17(24)21-16-12(15(23)20-10-4-3-7-19-9-10)8-14(25-16)11-5-1-2-6-13(11)22/h1-2,5-6,8,10,19,22H,3-4,7,9H2,(H,20,23)(H3,18,21,24). The van der Waals surface area contributed by atoms with Gasteiger partial charge in [0.15, 0.2) is 0 Å². The van der Waals surface area contributed by atoms with Crippen molar-refractivity contribution in [1.82, 2.24) is 10.6 Å². The monoisotopic (exact) mass is 360 g/mol. The van der Waals surface area contributed by atoms with Gasteiger partial charge in [0.25, 0.3) is 5.91 Å². The Morgan fingerprint density at radius 2 is 2.12 bits per heavy atom. The van der Waals surface area contributed by atoms with Crippen molar-refractivity contribution >= 4 is 28.3 Å². The number of phenolic OH excluding ortho intramolecular Hbond substituents is 1. The normalized spacial score (nSPS) is 17.0. The first kappa shape index (κ1) is 17.2. The SMILES string of the molecule is NC(=O)Nc1sc(-c2ccccc2O)cc1C(=O)NC1CCCNC1. The van der Waals surface area contributed by atoms with E-state index in [2.05, 4.69) is 16.0 Å². The van der Waals surface area contributed by atoms with Crippen molar-refractivity contribution in [2.24, 2.45) is 5.73 Å². The Labute approximate surface area is 149 Å². The van der Waals surface area contributed by atoms with E-state index < -0.39 is 6.03 Å². The molecule has 1 aliphatic heterocycles. The summed E-state index contributed by atoms with van der Waals surface area (Å²) in [7, 11) is 0. The molecule has 7 nitrogen and oxygen atoms in total. The van der Waals surface area contributed by atoms with Crippen LogP contribution in [0.5, 0.6) is 5.75 Å². The third kappa shape index (κ3) is 4.09. The maximum absolute atomic E-state index is 12.7. The van der Waals surface area contributed by atoms with Crippen molar-refractivity contribution < 1.29 is 14.7 Å². The van der Waals surface area contributed by atoms with E-state index in [0.717, 1.165) is 25.9 Å². The summed E-state index contributed by atoms with van der Waals surface area (Å²) in [6, 6.07) is 7.82. The molecule has 8 heteroatoms. The Hall–Kier alpha value is -2.58. The number of aromatic hydroxyl groups is 1. The number of carbonyl (C=O) groups excluding carboxylic acids is 2. The van der Waals surface area contributed by atoms with Crippen LogP contribution in [-0.2, 0) is 0 Å². The van der Waals surface area contributed by atoms with Crippen LogP contribution in [0.3, 0.4) is 0 Å². The number of phenols is 1. The fraction of sp³-hybridized carbons (Fsp3) is 0.294. The van der Waals surface area contributed by atoms with Gasteiger partial charge in [-0.05, 0) is 37.6 Å². The van der Waals surface area contributed by atoms with E-state index in [0.29, 0.717) is 21.0 Å². The largest absolute Gasteiger partial charge is 0.507 e. The topological polar surface area (TPSA) is 116 Å². The van der Waals surface area contributed by atoms with Crippen LogP contribution in [0.4, 0.5) is 9.80 Å². The first-order valence-electron chi connectivity index (χ1n) is 8.05. The molecule has 1 aromatic carbocycles. The smallest absolute Gasteiger partial charge is 0.317 e. The molecule has 0 aliphatic carbocycles. The molecule has 6 N–H and O–H groups in total. The summed E-state index contributed by atoms with van der Waals surface area (Å²) in [6.45, 7) is 1.68. The minimum absolute atomic E-state index is 0.0520. The molecule has 1 fully saturated rings. The molecule has 3 rings (SSSR count). The third-order valence-corrected chi connectivity index (χ3v) is 5.10. The molecule has 3 amide bonds. The van der Waals surface area contributed by atoms with Gasteiger partial charge in [0.2, 0.25) is 0 Å². The Bertz CT molecular complexity index is 784. The first-order chi connectivity index (χ1) is 12.0. The quantitative estimate of drug-likeness (QED) is 0.574. The Morgan fingerprint density at radius 1 is 1.32 bits per heavy atom. The fourth-order valence-corrected chi connectivity index (χ4v) is 3.91. The summed E-state index contributed by atoms with van der Waals surface area (Å²) in [4.78, 5) is 24.6. The minimum Gasteiger partial charge on any atom is -0.507 e. The van der Waals surface area contributed by atoms with Crippen LogP contribution in [0.25, 0.3) is 10.4 Å². The van der Waals surface area contributed by atoms with Crippen molar-refractivity contribution in [3.63, 3.8) is 0 Å². The van der Waals surface area contributed by atoms with Gasteiger partial charge in [-0.25, -0.2) is 4.79 Å². The first-order valence-corrected chi connectivity index (χ1v) is 8.86. The number of hydrogen-bond acceptors (Lipinski definition) is 5. The Kier molecular flexibility index (Phi) is 5.20. The molecule has 2 heterocycles. The third-order valence-electron chi connectivity index (χ3n) is 4.02. The van der Waals surface area contributed by atoms with Crippen LogP contribution >= 0.6 is 11.3 Å². The zero-order chi connectivity index (χ0) is 17.8. The summed E-state index contributed by atoms with van der Waals surface area (Å²) in [5, 5.41) is 19.1. The van der Waals surface area contributed by atoms with Gasteiger partial charge in [-0.1, -0.05) is 12.1 Å². The zero-order valence-electron chi connectivity index (χ0n) is 13.5. The number of nitrogens with one attached hydrogen (secondary N) is 3. The summed E-state index contributed by atoms with van der Waals surface area (Å²) in [6.07, 6.45) is 1.91. The molecule has 2 aromatic rings. The molecule has 0 saturated carbocycles. The van der Waals surface area contributed by atoms with E-state index in [4.69, 9.17) is 5.73 Å². The van der Waals surface area contributed by atoms with Gasteiger partial charge in [-0.3, -0.25) is 10.1 Å². The van der Waals surface area contributed by atoms with Crippen molar-refractivity contribution in [3.05, 3.63) is 35.9 Å². The average Bonchev–Trinajstić information content (AvgIpc) is 2.99. The van der Waals surface area contributed by atoms with Crippen molar-refractivity contribution in [1.29, 1.82) is 0 Å². The van der Waals surface area contributed by atoms with Crippen LogP contribution in [0, 0.1) is 0 Å². The molecule has 1 saturated heterocycles. The van der Waals surface area contributed by atoms with Gasteiger partial charge < -0.3 is 21.5 Å². The number of hydrogen-bond donors (Lipinski definition) is 5. The van der Waals surface area contributed by atoms with Crippen LogP contribution in [0.1, 0.15) is 23.2 Å². The highest BCUT2D eigenvalue weighted by atomic mass is 32.1. The van der Waals surface area contributed by atoms with Gasteiger partial charge in [0, 0.05) is 23.0 Å². The lowest BCUT2D eigenvalue weighted by atomic mass is 10.1. The summed E-state index contributed by atoms with van der Waals surface area (Å²) >= 11 is 1.20. The van der Waals surface area contributed by atoms with E-state index in [-0.39, 0.29) is 17.7 Å². The van der Waals surface area contributed by atoms with Gasteiger partial charge in [-0.15, -0.1) is 11.3 Å². The van der Waals surface area contributed by atoms with E-state index in [1.165, 1.54) is 11.3 Å². The molecule has 0 bridgehead atoms. The molecular weight excluding hydrogens is 340 g/mol. The lowest BCUT2D eigenvalue weighted by Crippen LogP contribution is -2.45. The highest BCUT2D eigenvalue weighted by Crippen LogP contribution is 2.39. The van der Waals surface area contributed by atoms with Gasteiger partial charge >= 0.3 is 6.03 Å². The highest BCUT2D eigenvalue weighted by molar-refractivity contribution is 7.20. The fourth-order valence-electron chi connectivity index (χ4n) is 2.82. The summed E-state index contributed by atoms with van der Waals surface area (Å²) < 4.78 is 0. The number of primary amides is 1. The Morgan fingerprint density at radius 3 is 2.80 bits per heavy atom. The number of para-hydroxylation sites is 1. The van der Waals surface area contributed by atoms with Crippen molar-refractivity contribution in [3.8, 4) is 16.2 Å². The maximum atomic E-state index is 12.7. The molecule has 0 radical (unpaired) electrons. The number of thiophene rings is 1. The van der Waals surface area contributed by atoms with Crippen LogP contribution in [0.15, 0.2) is 30.3 Å². The van der Waals surface area contributed by atoms with Crippen molar-refractivity contribution in [2.45, 2.75) is 18.9 Å². The lowest BCUT2D eigenvalue weighted by molar-refractivity contribution is 0.0932. The van der Waals surface area contributed by atoms with Crippen molar-refractivity contribution in [2.75, 3.05) is 18.4 Å². The second-order valence-electron chi connectivity index (χ2n) is 5.88. The van der Waals surface area contributed by atoms with E-state index in [1.54, 1.807) is 30.3 Å². The van der Waals surface area contributed by atoms with E-state index in [9.17, 15) is 14.7 Å². The van der Waals surface area contributed by atoms with Gasteiger partial charge in [-0.2, -0.15) is 0 Å². The average molecular weight is 360 g/mol. The predicted molar refractivity (Wildman–Crippen MR) is 98.0 cm³/mol. The molecule has 0 spiro atoms. The number of nitrogens with two attached hydrogens (primary N) is 1. The number of benzene rings is 1. The molecule has 25 heavy (non-hydrogen) atoms. The molecule has 1 aromatic heterocycles. The van der Waals surface area contributed by atoms with Crippen LogP contribution < -0.4 is 21.7 Å². The Balaban J connectivity index is 1.89. The minimum atomic E-state index is -0.737. The number of carbonyl (C=O) groups is 2. The second kappa shape index (κ2) is 7.54.